The summed E-state index contributed by atoms with van der Waals surface area (Å²) in [6.45, 7) is 6.22. The Morgan fingerprint density at radius 2 is 2.06 bits per heavy atom. The third-order valence-corrected chi connectivity index (χ3v) is 4.10. The maximum Gasteiger partial charge on any atom is 0.0608 e. The van der Waals surface area contributed by atoms with Crippen molar-refractivity contribution >= 4 is 11.8 Å². The van der Waals surface area contributed by atoms with Crippen LogP contribution in [0, 0.1) is 13.8 Å². The molecule has 0 aliphatic rings. The average Bonchev–Trinajstić information content (AvgIpc) is 2.27. The third kappa shape index (κ3) is 5.11. The van der Waals surface area contributed by atoms with Crippen LogP contribution in [-0.4, -0.2) is 23.0 Å². The molecule has 1 rings (SSSR count). The fourth-order valence-corrected chi connectivity index (χ4v) is 2.66. The van der Waals surface area contributed by atoms with Gasteiger partial charge >= 0.3 is 0 Å². The number of nitrogens with two attached hydrogens (primary N) is 1. The Hall–Kier alpha value is -0.510. The van der Waals surface area contributed by atoms with Gasteiger partial charge < -0.3 is 10.8 Å². The van der Waals surface area contributed by atoms with Crippen molar-refractivity contribution in [2.45, 2.75) is 44.0 Å². The smallest absolute Gasteiger partial charge is 0.0608 e. The van der Waals surface area contributed by atoms with Crippen LogP contribution < -0.4 is 5.73 Å². The van der Waals surface area contributed by atoms with Gasteiger partial charge in [0.2, 0.25) is 0 Å². The van der Waals surface area contributed by atoms with Crippen molar-refractivity contribution in [1.82, 2.24) is 0 Å². The van der Waals surface area contributed by atoms with Gasteiger partial charge in [-0.05, 0) is 51.0 Å². The molecule has 1 unspecified atom stereocenters. The Morgan fingerprint density at radius 3 is 2.65 bits per heavy atom. The molecule has 3 heteroatoms. The summed E-state index contributed by atoms with van der Waals surface area (Å²) in [4.78, 5) is 1.35. The molecule has 17 heavy (non-hydrogen) atoms. The van der Waals surface area contributed by atoms with E-state index in [0.29, 0.717) is 0 Å². The minimum atomic E-state index is -0.428. The lowest BCUT2D eigenvalue weighted by Gasteiger charge is -2.21. The molecule has 0 spiro atoms. The Balaban J connectivity index is 2.36. The van der Waals surface area contributed by atoms with Crippen molar-refractivity contribution in [3.8, 4) is 0 Å². The summed E-state index contributed by atoms with van der Waals surface area (Å²) in [5, 5.41) is 9.05. The van der Waals surface area contributed by atoms with Crippen LogP contribution in [0.5, 0.6) is 0 Å². The number of aliphatic hydroxyl groups is 1. The quantitative estimate of drug-likeness (QED) is 0.605. The molecule has 1 aromatic rings. The fourth-order valence-electron chi connectivity index (χ4n) is 1.70. The molecule has 0 bridgehead atoms. The highest BCUT2D eigenvalue weighted by atomic mass is 32.2. The van der Waals surface area contributed by atoms with Gasteiger partial charge in [0.1, 0.15) is 0 Å². The molecule has 2 nitrogen and oxygen atoms in total. The van der Waals surface area contributed by atoms with E-state index >= 15 is 0 Å². The summed E-state index contributed by atoms with van der Waals surface area (Å²) in [6.07, 6.45) is 1.90. The molecule has 0 amide bonds. The van der Waals surface area contributed by atoms with Crippen molar-refractivity contribution in [3.05, 3.63) is 29.3 Å². The first-order valence-corrected chi connectivity index (χ1v) is 7.03. The Morgan fingerprint density at radius 1 is 1.35 bits per heavy atom. The number of hydrogen-bond acceptors (Lipinski definition) is 3. The summed E-state index contributed by atoms with van der Waals surface area (Å²) >= 11 is 1.87. The molecule has 0 radical (unpaired) electrons. The molecule has 0 aromatic heterocycles. The molecule has 0 aliphatic heterocycles. The lowest BCUT2D eigenvalue weighted by Crippen LogP contribution is -2.40. The summed E-state index contributed by atoms with van der Waals surface area (Å²) in [5.74, 6) is 1.05. The lowest BCUT2D eigenvalue weighted by atomic mass is 9.99. The fraction of sp³-hybridized carbons (Fsp3) is 0.571. The summed E-state index contributed by atoms with van der Waals surface area (Å²) in [7, 11) is 0. The van der Waals surface area contributed by atoms with E-state index < -0.39 is 5.54 Å². The third-order valence-electron chi connectivity index (χ3n) is 2.84. The minimum Gasteiger partial charge on any atom is -0.394 e. The van der Waals surface area contributed by atoms with Gasteiger partial charge in [0.05, 0.1) is 6.61 Å². The van der Waals surface area contributed by atoms with E-state index in [0.717, 1.165) is 18.6 Å². The van der Waals surface area contributed by atoms with E-state index in [4.69, 9.17) is 10.8 Å². The van der Waals surface area contributed by atoms with Gasteiger partial charge in [-0.1, -0.05) is 17.7 Å². The molecule has 0 saturated heterocycles. The molecule has 1 atom stereocenters. The maximum absolute atomic E-state index is 9.05. The van der Waals surface area contributed by atoms with Crippen LogP contribution in [0.25, 0.3) is 0 Å². The second-order valence-electron chi connectivity index (χ2n) is 5.03. The average molecular weight is 253 g/mol. The van der Waals surface area contributed by atoms with Gasteiger partial charge in [-0.2, -0.15) is 0 Å². The van der Waals surface area contributed by atoms with Crippen LogP contribution in [0.2, 0.25) is 0 Å². The zero-order valence-electron chi connectivity index (χ0n) is 11.0. The number of rotatable bonds is 6. The molecule has 3 N–H and O–H groups in total. The van der Waals surface area contributed by atoms with Crippen LogP contribution in [0.15, 0.2) is 23.1 Å². The SMILES string of the molecule is Cc1ccc(SCCCC(C)(N)CO)c(C)c1. The molecular formula is C14H23NOS. The highest BCUT2D eigenvalue weighted by Crippen LogP contribution is 2.24. The van der Waals surface area contributed by atoms with Crippen LogP contribution >= 0.6 is 11.8 Å². The molecule has 1 aromatic carbocycles. The molecular weight excluding hydrogens is 230 g/mol. The normalized spacial score (nSPS) is 14.6. The monoisotopic (exact) mass is 253 g/mol. The number of aryl methyl sites for hydroxylation is 2. The van der Waals surface area contributed by atoms with E-state index in [-0.39, 0.29) is 6.61 Å². The van der Waals surface area contributed by atoms with E-state index in [1.807, 2.05) is 18.7 Å². The topological polar surface area (TPSA) is 46.2 Å². The van der Waals surface area contributed by atoms with Gasteiger partial charge in [-0.25, -0.2) is 0 Å². The first-order chi connectivity index (χ1) is 7.94. The van der Waals surface area contributed by atoms with Crippen molar-refractivity contribution < 1.29 is 5.11 Å². The highest BCUT2D eigenvalue weighted by Gasteiger charge is 2.15. The first kappa shape index (κ1) is 14.6. The first-order valence-electron chi connectivity index (χ1n) is 6.04. The minimum absolute atomic E-state index is 0.0568. The molecule has 0 aliphatic carbocycles. The Kier molecular flexibility index (Phi) is 5.50. The van der Waals surface area contributed by atoms with E-state index in [1.54, 1.807) is 0 Å². The number of thioether (sulfide) groups is 1. The van der Waals surface area contributed by atoms with Gasteiger partial charge in [-0.15, -0.1) is 11.8 Å². The second-order valence-corrected chi connectivity index (χ2v) is 6.17. The van der Waals surface area contributed by atoms with Crippen molar-refractivity contribution in [2.75, 3.05) is 12.4 Å². The summed E-state index contributed by atoms with van der Waals surface area (Å²) in [6, 6.07) is 6.54. The number of aliphatic hydroxyl groups excluding tert-OH is 1. The Labute approximate surface area is 109 Å². The van der Waals surface area contributed by atoms with Crippen LogP contribution in [0.4, 0.5) is 0 Å². The predicted octanol–water partition coefficient (Wildman–Crippen LogP) is 2.89. The van der Waals surface area contributed by atoms with Crippen molar-refractivity contribution in [2.24, 2.45) is 5.73 Å². The number of hydrogen-bond donors (Lipinski definition) is 2. The zero-order valence-corrected chi connectivity index (χ0v) is 11.8. The highest BCUT2D eigenvalue weighted by molar-refractivity contribution is 7.99. The van der Waals surface area contributed by atoms with E-state index in [1.165, 1.54) is 16.0 Å². The summed E-state index contributed by atoms with van der Waals surface area (Å²) in [5.41, 5.74) is 8.11. The zero-order chi connectivity index (χ0) is 12.9. The predicted molar refractivity (Wildman–Crippen MR) is 75.6 cm³/mol. The van der Waals surface area contributed by atoms with E-state index in [2.05, 4.69) is 32.0 Å². The molecule has 0 saturated carbocycles. The standard InChI is InChI=1S/C14H23NOS/c1-11-5-6-13(12(2)9-11)17-8-4-7-14(3,15)10-16/h5-6,9,16H,4,7-8,10,15H2,1-3H3. The Bertz CT molecular complexity index is 363. The van der Waals surface area contributed by atoms with Crippen molar-refractivity contribution in [1.29, 1.82) is 0 Å². The number of benzene rings is 1. The maximum atomic E-state index is 9.05. The van der Waals surface area contributed by atoms with Crippen LogP contribution in [0.1, 0.15) is 30.9 Å². The second kappa shape index (κ2) is 6.43. The molecule has 0 heterocycles. The molecule has 96 valence electrons. The van der Waals surface area contributed by atoms with Gasteiger partial charge in [0.15, 0.2) is 0 Å². The van der Waals surface area contributed by atoms with E-state index in [9.17, 15) is 0 Å². The van der Waals surface area contributed by atoms with Gasteiger partial charge in [0, 0.05) is 10.4 Å². The largest absolute Gasteiger partial charge is 0.394 e. The van der Waals surface area contributed by atoms with Gasteiger partial charge in [-0.3, -0.25) is 0 Å². The summed E-state index contributed by atoms with van der Waals surface area (Å²) < 4.78 is 0. The molecule has 0 fully saturated rings. The van der Waals surface area contributed by atoms with Crippen molar-refractivity contribution in [3.63, 3.8) is 0 Å². The van der Waals surface area contributed by atoms with Crippen LogP contribution in [-0.2, 0) is 0 Å². The lowest BCUT2D eigenvalue weighted by molar-refractivity contribution is 0.200. The van der Waals surface area contributed by atoms with Gasteiger partial charge in [0.25, 0.3) is 0 Å². The van der Waals surface area contributed by atoms with Crippen LogP contribution in [0.3, 0.4) is 0 Å².